The number of nitrogens with zero attached hydrogens (tertiary/aromatic N) is 1. The number of hydrogen-bond acceptors (Lipinski definition) is 4. The largest absolute Gasteiger partial charge is 0.383 e. The van der Waals surface area contributed by atoms with Crippen molar-refractivity contribution in [1.29, 1.82) is 0 Å². The maximum atomic E-state index is 11.9. The van der Waals surface area contributed by atoms with Gasteiger partial charge in [-0.2, -0.15) is 11.8 Å². The molecule has 0 aliphatic heterocycles. The van der Waals surface area contributed by atoms with Gasteiger partial charge in [0.25, 0.3) is 0 Å². The molecule has 0 heterocycles. The van der Waals surface area contributed by atoms with E-state index in [0.29, 0.717) is 13.0 Å². The number of hydrogen-bond donors (Lipinski definition) is 2. The van der Waals surface area contributed by atoms with Gasteiger partial charge in [0.15, 0.2) is 0 Å². The number of aryl methyl sites for hydroxylation is 1. The number of likely N-dealkylation sites (N-methyl/N-ethyl adjacent to an activating group) is 1. The quantitative estimate of drug-likeness (QED) is 0.769. The molecule has 0 saturated carbocycles. The number of thioether (sulfide) groups is 1. The van der Waals surface area contributed by atoms with E-state index in [-0.39, 0.29) is 11.9 Å². The fourth-order valence-corrected chi connectivity index (χ4v) is 2.52. The summed E-state index contributed by atoms with van der Waals surface area (Å²) in [6, 6.07) is 8.40. The first-order valence-corrected chi connectivity index (χ1v) is 8.52. The summed E-state index contributed by atoms with van der Waals surface area (Å²) < 4.78 is 0. The Morgan fingerprint density at radius 2 is 1.95 bits per heavy atom. The van der Waals surface area contributed by atoms with E-state index in [1.165, 1.54) is 5.56 Å². The second kappa shape index (κ2) is 9.07. The molecule has 2 atom stereocenters. The summed E-state index contributed by atoms with van der Waals surface area (Å²) in [5.41, 5.74) is 2.37. The van der Waals surface area contributed by atoms with E-state index < -0.39 is 6.10 Å². The second-order valence-corrected chi connectivity index (χ2v) is 6.42. The summed E-state index contributed by atoms with van der Waals surface area (Å²) in [5.74, 6) is 0.493. The number of amides is 1. The van der Waals surface area contributed by atoms with Crippen molar-refractivity contribution in [2.24, 2.45) is 0 Å². The van der Waals surface area contributed by atoms with Crippen LogP contribution >= 0.6 is 11.8 Å². The average molecular weight is 310 g/mol. The molecule has 0 radical (unpaired) electrons. The molecule has 21 heavy (non-hydrogen) atoms. The molecule has 1 rings (SSSR count). The number of carbonyl (C=O) groups excluding carboxylic acids is 1. The SMILES string of the molecule is CSCCC(O)C(=O)NCC(c1ccc(C)cc1)N(C)C. The molecular weight excluding hydrogens is 284 g/mol. The third-order valence-electron chi connectivity index (χ3n) is 3.45. The average Bonchev–Trinajstić information content (AvgIpc) is 2.46. The summed E-state index contributed by atoms with van der Waals surface area (Å²) in [4.78, 5) is 13.9. The van der Waals surface area contributed by atoms with Crippen LogP contribution in [0.4, 0.5) is 0 Å². The number of aliphatic hydroxyl groups excluding tert-OH is 1. The molecule has 0 fully saturated rings. The van der Waals surface area contributed by atoms with Crippen LogP contribution in [-0.4, -0.2) is 54.7 Å². The van der Waals surface area contributed by atoms with Gasteiger partial charge in [-0.05, 0) is 45.0 Å². The second-order valence-electron chi connectivity index (χ2n) is 5.43. The Kier molecular flexibility index (Phi) is 7.78. The van der Waals surface area contributed by atoms with Crippen molar-refractivity contribution < 1.29 is 9.90 Å². The Hall–Kier alpha value is -1.04. The van der Waals surface area contributed by atoms with Crippen LogP contribution in [0.15, 0.2) is 24.3 Å². The first kappa shape index (κ1) is 18.0. The van der Waals surface area contributed by atoms with Gasteiger partial charge in [-0.25, -0.2) is 0 Å². The minimum Gasteiger partial charge on any atom is -0.383 e. The van der Waals surface area contributed by atoms with Gasteiger partial charge in [-0.15, -0.1) is 0 Å². The lowest BCUT2D eigenvalue weighted by molar-refractivity contribution is -0.129. The molecule has 1 aromatic carbocycles. The zero-order chi connectivity index (χ0) is 15.8. The fourth-order valence-electron chi connectivity index (χ4n) is 2.06. The van der Waals surface area contributed by atoms with Crippen LogP contribution in [0.2, 0.25) is 0 Å². The predicted molar refractivity (Wildman–Crippen MR) is 89.6 cm³/mol. The highest BCUT2D eigenvalue weighted by Gasteiger charge is 2.18. The fraction of sp³-hybridized carbons (Fsp3) is 0.562. The minimum atomic E-state index is -0.918. The Balaban J connectivity index is 2.59. The van der Waals surface area contributed by atoms with Gasteiger partial charge in [0, 0.05) is 6.54 Å². The molecular formula is C16H26N2O2S. The molecule has 0 aromatic heterocycles. The first-order valence-electron chi connectivity index (χ1n) is 7.13. The van der Waals surface area contributed by atoms with Gasteiger partial charge in [0.2, 0.25) is 5.91 Å². The van der Waals surface area contributed by atoms with Crippen LogP contribution in [0.3, 0.4) is 0 Å². The van der Waals surface area contributed by atoms with Crippen molar-refractivity contribution >= 4 is 17.7 Å². The standard InChI is InChI=1S/C16H26N2O2S/c1-12-5-7-13(8-6-12)14(18(2)3)11-17-16(20)15(19)9-10-21-4/h5-8,14-15,19H,9-11H2,1-4H3,(H,17,20). The Morgan fingerprint density at radius 1 is 1.33 bits per heavy atom. The normalized spacial score (nSPS) is 14.0. The lowest BCUT2D eigenvalue weighted by Crippen LogP contribution is -2.40. The van der Waals surface area contributed by atoms with Crippen LogP contribution in [0.25, 0.3) is 0 Å². The van der Waals surface area contributed by atoms with Gasteiger partial charge in [-0.3, -0.25) is 4.79 Å². The molecule has 1 aromatic rings. The zero-order valence-corrected chi connectivity index (χ0v) is 14.1. The van der Waals surface area contributed by atoms with Crippen molar-refractivity contribution in [2.45, 2.75) is 25.5 Å². The van der Waals surface area contributed by atoms with Gasteiger partial charge in [0.05, 0.1) is 6.04 Å². The molecule has 0 saturated heterocycles. The third kappa shape index (κ3) is 6.08. The van der Waals surface area contributed by atoms with Crippen molar-refractivity contribution in [2.75, 3.05) is 32.6 Å². The van der Waals surface area contributed by atoms with Crippen LogP contribution in [0.1, 0.15) is 23.6 Å². The Morgan fingerprint density at radius 3 is 2.48 bits per heavy atom. The maximum absolute atomic E-state index is 11.9. The van der Waals surface area contributed by atoms with Crippen molar-refractivity contribution in [3.8, 4) is 0 Å². The molecule has 0 aliphatic rings. The van der Waals surface area contributed by atoms with Crippen LogP contribution in [0.5, 0.6) is 0 Å². The molecule has 5 heteroatoms. The molecule has 0 aliphatic carbocycles. The monoisotopic (exact) mass is 310 g/mol. The van der Waals surface area contributed by atoms with Gasteiger partial charge < -0.3 is 15.3 Å². The molecule has 4 nitrogen and oxygen atoms in total. The number of carbonyl (C=O) groups is 1. The van der Waals surface area contributed by atoms with E-state index >= 15 is 0 Å². The minimum absolute atomic E-state index is 0.0994. The summed E-state index contributed by atoms with van der Waals surface area (Å²) in [6.07, 6.45) is 1.53. The lowest BCUT2D eigenvalue weighted by Gasteiger charge is -2.25. The van der Waals surface area contributed by atoms with Gasteiger partial charge in [-0.1, -0.05) is 29.8 Å². The number of aliphatic hydroxyl groups is 1. The lowest BCUT2D eigenvalue weighted by atomic mass is 10.0. The predicted octanol–water partition coefficient (Wildman–Crippen LogP) is 1.83. The number of benzene rings is 1. The molecule has 118 valence electrons. The highest BCUT2D eigenvalue weighted by atomic mass is 32.2. The van der Waals surface area contributed by atoms with Gasteiger partial charge >= 0.3 is 0 Å². The Bertz CT molecular complexity index is 434. The summed E-state index contributed by atoms with van der Waals surface area (Å²) in [7, 11) is 3.97. The van der Waals surface area contributed by atoms with E-state index in [1.807, 2.05) is 20.4 Å². The van der Waals surface area contributed by atoms with Crippen LogP contribution in [0, 0.1) is 6.92 Å². The topological polar surface area (TPSA) is 52.6 Å². The molecule has 2 unspecified atom stereocenters. The summed E-state index contributed by atoms with van der Waals surface area (Å²) in [5, 5.41) is 12.6. The summed E-state index contributed by atoms with van der Waals surface area (Å²) in [6.45, 7) is 2.55. The zero-order valence-electron chi connectivity index (χ0n) is 13.3. The molecule has 0 spiro atoms. The van der Waals surface area contributed by atoms with Gasteiger partial charge in [0.1, 0.15) is 6.10 Å². The molecule has 1 amide bonds. The maximum Gasteiger partial charge on any atom is 0.248 e. The van der Waals surface area contributed by atoms with E-state index in [0.717, 1.165) is 11.3 Å². The first-order chi connectivity index (χ1) is 9.95. The van der Waals surface area contributed by atoms with Crippen LogP contribution < -0.4 is 5.32 Å². The van der Waals surface area contributed by atoms with Crippen molar-refractivity contribution in [1.82, 2.24) is 10.2 Å². The van der Waals surface area contributed by atoms with E-state index in [9.17, 15) is 9.90 Å². The highest BCUT2D eigenvalue weighted by molar-refractivity contribution is 7.98. The smallest absolute Gasteiger partial charge is 0.248 e. The highest BCUT2D eigenvalue weighted by Crippen LogP contribution is 2.18. The van der Waals surface area contributed by atoms with E-state index in [1.54, 1.807) is 11.8 Å². The summed E-state index contributed by atoms with van der Waals surface area (Å²) >= 11 is 1.63. The van der Waals surface area contributed by atoms with E-state index in [2.05, 4.69) is 41.4 Å². The number of nitrogens with one attached hydrogen (secondary N) is 1. The van der Waals surface area contributed by atoms with Crippen LogP contribution in [-0.2, 0) is 4.79 Å². The Labute approximate surface area is 131 Å². The molecule has 0 bridgehead atoms. The number of rotatable bonds is 8. The van der Waals surface area contributed by atoms with Crippen molar-refractivity contribution in [3.05, 3.63) is 35.4 Å². The van der Waals surface area contributed by atoms with E-state index in [4.69, 9.17) is 0 Å². The van der Waals surface area contributed by atoms with Crippen molar-refractivity contribution in [3.63, 3.8) is 0 Å². The molecule has 2 N–H and O–H groups in total. The third-order valence-corrected chi connectivity index (χ3v) is 4.10.